The molecule has 0 amide bonds. The SMILES string of the molecule is COC(=O)c1cc(-c2ccccc2)c2n1CCc1ccccc1-2. The van der Waals surface area contributed by atoms with Gasteiger partial charge in [0.25, 0.3) is 0 Å². The molecule has 0 atom stereocenters. The fourth-order valence-electron chi connectivity index (χ4n) is 3.38. The molecule has 3 nitrogen and oxygen atoms in total. The lowest BCUT2D eigenvalue weighted by Crippen LogP contribution is -2.16. The molecule has 2 aromatic carbocycles. The van der Waals surface area contributed by atoms with Crippen molar-refractivity contribution >= 4 is 5.97 Å². The zero-order chi connectivity index (χ0) is 15.8. The van der Waals surface area contributed by atoms with Gasteiger partial charge < -0.3 is 9.30 Å². The van der Waals surface area contributed by atoms with Crippen LogP contribution in [0.2, 0.25) is 0 Å². The first-order chi connectivity index (χ1) is 11.3. The third-order valence-corrected chi connectivity index (χ3v) is 4.45. The van der Waals surface area contributed by atoms with E-state index in [0.717, 1.165) is 29.8 Å². The second kappa shape index (κ2) is 5.43. The molecule has 0 radical (unpaired) electrons. The number of ether oxygens (including phenoxy) is 1. The lowest BCUT2D eigenvalue weighted by Gasteiger charge is -2.22. The van der Waals surface area contributed by atoms with E-state index in [1.54, 1.807) is 0 Å². The summed E-state index contributed by atoms with van der Waals surface area (Å²) in [7, 11) is 1.43. The minimum atomic E-state index is -0.284. The Morgan fingerprint density at radius 1 is 1.00 bits per heavy atom. The third kappa shape index (κ3) is 2.16. The van der Waals surface area contributed by atoms with Crippen LogP contribution in [0.1, 0.15) is 16.1 Å². The number of fused-ring (bicyclic) bond motifs is 3. The number of nitrogens with zero attached hydrogens (tertiary/aromatic N) is 1. The second-order valence-corrected chi connectivity index (χ2v) is 5.71. The zero-order valence-electron chi connectivity index (χ0n) is 13.0. The molecule has 1 aliphatic rings. The minimum absolute atomic E-state index is 0.284. The molecule has 0 spiro atoms. The highest BCUT2D eigenvalue weighted by Gasteiger charge is 2.26. The fourth-order valence-corrected chi connectivity index (χ4v) is 3.38. The van der Waals surface area contributed by atoms with E-state index in [1.807, 2.05) is 30.3 Å². The molecule has 4 rings (SSSR count). The van der Waals surface area contributed by atoms with Crippen molar-refractivity contribution in [1.29, 1.82) is 0 Å². The molecule has 0 unspecified atom stereocenters. The van der Waals surface area contributed by atoms with Crippen molar-refractivity contribution in [3.8, 4) is 22.4 Å². The lowest BCUT2D eigenvalue weighted by atomic mass is 9.94. The lowest BCUT2D eigenvalue weighted by molar-refractivity contribution is 0.0588. The molecule has 1 aliphatic heterocycles. The first-order valence-corrected chi connectivity index (χ1v) is 7.75. The molecule has 1 aromatic heterocycles. The van der Waals surface area contributed by atoms with Crippen LogP contribution >= 0.6 is 0 Å². The molecule has 0 saturated heterocycles. The quantitative estimate of drug-likeness (QED) is 0.665. The van der Waals surface area contributed by atoms with E-state index >= 15 is 0 Å². The molecular weight excluding hydrogens is 286 g/mol. The number of carbonyl (C=O) groups excluding carboxylic acids is 1. The average molecular weight is 303 g/mol. The van der Waals surface area contributed by atoms with Gasteiger partial charge in [-0.2, -0.15) is 0 Å². The Hall–Kier alpha value is -2.81. The normalized spacial score (nSPS) is 12.4. The van der Waals surface area contributed by atoms with Gasteiger partial charge in [0, 0.05) is 17.7 Å². The molecule has 0 N–H and O–H groups in total. The topological polar surface area (TPSA) is 31.2 Å². The van der Waals surface area contributed by atoms with Gasteiger partial charge in [0.15, 0.2) is 0 Å². The van der Waals surface area contributed by atoms with Crippen LogP contribution in [0.25, 0.3) is 22.4 Å². The number of aromatic nitrogens is 1. The number of carbonyl (C=O) groups is 1. The highest BCUT2D eigenvalue weighted by molar-refractivity contribution is 5.95. The highest BCUT2D eigenvalue weighted by Crippen LogP contribution is 2.39. The molecule has 3 heteroatoms. The standard InChI is InChI=1S/C20H17NO2/c1-23-20(22)18-13-17(14-7-3-2-4-8-14)19-16-10-6-5-9-15(16)11-12-21(18)19/h2-10,13H,11-12H2,1H3. The van der Waals surface area contributed by atoms with Crippen molar-refractivity contribution in [2.45, 2.75) is 13.0 Å². The predicted molar refractivity (Wildman–Crippen MR) is 90.3 cm³/mol. The fraction of sp³-hybridized carbons (Fsp3) is 0.150. The van der Waals surface area contributed by atoms with Gasteiger partial charge in [-0.3, -0.25) is 0 Å². The summed E-state index contributed by atoms with van der Waals surface area (Å²) in [5, 5.41) is 0. The van der Waals surface area contributed by atoms with E-state index < -0.39 is 0 Å². The predicted octanol–water partition coefficient (Wildman–Crippen LogP) is 4.16. The molecule has 0 bridgehead atoms. The third-order valence-electron chi connectivity index (χ3n) is 4.45. The summed E-state index contributed by atoms with van der Waals surface area (Å²) in [4.78, 5) is 12.2. The number of rotatable bonds is 2. The van der Waals surface area contributed by atoms with Crippen molar-refractivity contribution in [3.63, 3.8) is 0 Å². The van der Waals surface area contributed by atoms with Gasteiger partial charge in [-0.15, -0.1) is 0 Å². The van der Waals surface area contributed by atoms with E-state index in [1.165, 1.54) is 18.2 Å². The van der Waals surface area contributed by atoms with E-state index in [2.05, 4.69) is 34.9 Å². The van der Waals surface area contributed by atoms with Gasteiger partial charge in [-0.05, 0) is 23.6 Å². The van der Waals surface area contributed by atoms with Crippen LogP contribution in [0, 0.1) is 0 Å². The number of benzene rings is 2. The van der Waals surface area contributed by atoms with Crippen LogP contribution in [0.15, 0.2) is 60.7 Å². The maximum absolute atomic E-state index is 12.2. The summed E-state index contributed by atoms with van der Waals surface area (Å²) in [6, 6.07) is 20.6. The maximum Gasteiger partial charge on any atom is 0.354 e. The number of aryl methyl sites for hydroxylation is 1. The number of hydrogen-bond donors (Lipinski definition) is 0. The van der Waals surface area contributed by atoms with Crippen molar-refractivity contribution in [2.75, 3.05) is 7.11 Å². The van der Waals surface area contributed by atoms with Crippen molar-refractivity contribution < 1.29 is 9.53 Å². The Bertz CT molecular complexity index is 878. The summed E-state index contributed by atoms with van der Waals surface area (Å²) < 4.78 is 7.07. The molecular formula is C20H17NO2. The summed E-state index contributed by atoms with van der Waals surface area (Å²) >= 11 is 0. The Morgan fingerprint density at radius 3 is 2.52 bits per heavy atom. The summed E-state index contributed by atoms with van der Waals surface area (Å²) in [5.74, 6) is -0.284. The first-order valence-electron chi connectivity index (χ1n) is 7.75. The molecule has 23 heavy (non-hydrogen) atoms. The summed E-state index contributed by atoms with van der Waals surface area (Å²) in [6.07, 6.45) is 0.927. The van der Waals surface area contributed by atoms with Crippen LogP contribution < -0.4 is 0 Å². The molecule has 0 aliphatic carbocycles. The Balaban J connectivity index is 2.02. The summed E-state index contributed by atoms with van der Waals surface area (Å²) in [6.45, 7) is 0.795. The number of hydrogen-bond acceptors (Lipinski definition) is 2. The Morgan fingerprint density at radius 2 is 1.74 bits per heavy atom. The first kappa shape index (κ1) is 13.8. The molecule has 2 heterocycles. The molecule has 0 fully saturated rings. The van der Waals surface area contributed by atoms with Gasteiger partial charge in [-0.25, -0.2) is 4.79 Å². The van der Waals surface area contributed by atoms with Gasteiger partial charge in [0.1, 0.15) is 5.69 Å². The Labute approximate surface area is 135 Å². The zero-order valence-corrected chi connectivity index (χ0v) is 13.0. The number of methoxy groups -OCH3 is 1. The van der Waals surface area contributed by atoms with E-state index in [-0.39, 0.29) is 5.97 Å². The largest absolute Gasteiger partial charge is 0.464 e. The van der Waals surface area contributed by atoms with Crippen molar-refractivity contribution in [1.82, 2.24) is 4.57 Å². The van der Waals surface area contributed by atoms with Gasteiger partial charge >= 0.3 is 5.97 Å². The second-order valence-electron chi connectivity index (χ2n) is 5.71. The van der Waals surface area contributed by atoms with Crippen LogP contribution in [0.5, 0.6) is 0 Å². The molecule has 0 saturated carbocycles. The monoisotopic (exact) mass is 303 g/mol. The van der Waals surface area contributed by atoms with E-state index in [9.17, 15) is 4.79 Å². The van der Waals surface area contributed by atoms with Crippen LogP contribution in [-0.4, -0.2) is 17.6 Å². The smallest absolute Gasteiger partial charge is 0.354 e. The van der Waals surface area contributed by atoms with Crippen molar-refractivity contribution in [2.24, 2.45) is 0 Å². The van der Waals surface area contributed by atoms with Crippen LogP contribution in [0.3, 0.4) is 0 Å². The van der Waals surface area contributed by atoms with E-state index in [0.29, 0.717) is 5.69 Å². The highest BCUT2D eigenvalue weighted by atomic mass is 16.5. The van der Waals surface area contributed by atoms with Crippen LogP contribution in [-0.2, 0) is 17.7 Å². The average Bonchev–Trinajstić information content (AvgIpc) is 3.02. The van der Waals surface area contributed by atoms with Crippen LogP contribution in [0.4, 0.5) is 0 Å². The minimum Gasteiger partial charge on any atom is -0.464 e. The molecule has 3 aromatic rings. The maximum atomic E-state index is 12.2. The summed E-state index contributed by atoms with van der Waals surface area (Å²) in [5.41, 5.74) is 6.45. The van der Waals surface area contributed by atoms with Gasteiger partial charge in [0.05, 0.1) is 12.8 Å². The van der Waals surface area contributed by atoms with E-state index in [4.69, 9.17) is 4.74 Å². The van der Waals surface area contributed by atoms with Gasteiger partial charge in [0.2, 0.25) is 0 Å². The van der Waals surface area contributed by atoms with Gasteiger partial charge in [-0.1, -0.05) is 54.6 Å². The van der Waals surface area contributed by atoms with Crippen molar-refractivity contribution in [3.05, 3.63) is 71.9 Å². The Kier molecular flexibility index (Phi) is 3.27. The number of esters is 1. The molecule has 114 valence electrons.